The lowest BCUT2D eigenvalue weighted by molar-refractivity contribution is 0.0977. The lowest BCUT2D eigenvalue weighted by Gasteiger charge is -2.12. The zero-order chi connectivity index (χ0) is 25.4. The Balaban J connectivity index is 1.57. The van der Waals surface area contributed by atoms with Crippen molar-refractivity contribution in [1.82, 2.24) is 5.32 Å². The number of nitrogens with one attached hydrogen (secondary N) is 3. The maximum absolute atomic E-state index is 12.7. The van der Waals surface area contributed by atoms with Crippen LogP contribution in [-0.2, 0) is 16.4 Å². The second kappa shape index (κ2) is 11.8. The largest absolute Gasteiger partial charge is 0.494 e. The molecule has 0 saturated carbocycles. The molecule has 9 heteroatoms. The van der Waals surface area contributed by atoms with Crippen LogP contribution in [0.5, 0.6) is 5.75 Å². The van der Waals surface area contributed by atoms with Crippen molar-refractivity contribution in [3.05, 3.63) is 83.9 Å². The van der Waals surface area contributed by atoms with Gasteiger partial charge in [0.15, 0.2) is 5.11 Å². The first-order valence-electron chi connectivity index (χ1n) is 11.2. The highest BCUT2D eigenvalue weighted by Crippen LogP contribution is 2.21. The molecular weight excluding hydrogens is 482 g/mol. The summed E-state index contributed by atoms with van der Waals surface area (Å²) in [5.74, 6) is 0.880. The van der Waals surface area contributed by atoms with Crippen LogP contribution < -0.4 is 20.1 Å². The number of amides is 1. The first-order valence-corrected chi connectivity index (χ1v) is 13.1. The van der Waals surface area contributed by atoms with Crippen molar-refractivity contribution in [2.45, 2.75) is 32.1 Å². The molecule has 184 valence electrons. The van der Waals surface area contributed by atoms with E-state index in [0.29, 0.717) is 35.2 Å². The highest BCUT2D eigenvalue weighted by atomic mass is 32.2. The van der Waals surface area contributed by atoms with E-state index in [-0.39, 0.29) is 15.9 Å². The fourth-order valence-electron chi connectivity index (χ4n) is 3.32. The van der Waals surface area contributed by atoms with Crippen molar-refractivity contribution in [1.29, 1.82) is 0 Å². The van der Waals surface area contributed by atoms with Crippen LogP contribution >= 0.6 is 12.2 Å². The maximum atomic E-state index is 12.7. The van der Waals surface area contributed by atoms with Gasteiger partial charge in [-0.05, 0) is 97.7 Å². The molecule has 3 aromatic rings. The number of hydrogen-bond donors (Lipinski definition) is 3. The standard InChI is InChI=1S/C26H29N3O4S2/c1-4-33-23-13-9-22(10-14-23)29-35(31,32)24-15-11-21(12-16-24)27-26(34)28-25(30)20-7-5-19(6-8-20)17-18(2)3/h5-16,18,29H,4,17H2,1-3H3,(H2,27,28,30,34). The first kappa shape index (κ1) is 26.2. The van der Waals surface area contributed by atoms with Crippen molar-refractivity contribution in [3.8, 4) is 5.75 Å². The average molecular weight is 512 g/mol. The Hall–Kier alpha value is -3.43. The minimum atomic E-state index is -3.77. The van der Waals surface area contributed by atoms with E-state index in [9.17, 15) is 13.2 Å². The van der Waals surface area contributed by atoms with Crippen LogP contribution in [-0.4, -0.2) is 26.0 Å². The number of carbonyl (C=O) groups is 1. The minimum Gasteiger partial charge on any atom is -0.494 e. The molecular formula is C26H29N3O4S2. The Labute approximate surface area is 212 Å². The van der Waals surface area contributed by atoms with Gasteiger partial charge >= 0.3 is 0 Å². The van der Waals surface area contributed by atoms with E-state index in [2.05, 4.69) is 29.2 Å². The molecule has 0 saturated heterocycles. The SMILES string of the molecule is CCOc1ccc(NS(=O)(=O)c2ccc(NC(=S)NC(=O)c3ccc(CC(C)C)cc3)cc2)cc1. The zero-order valence-corrected chi connectivity index (χ0v) is 21.5. The van der Waals surface area contributed by atoms with Gasteiger partial charge in [-0.1, -0.05) is 26.0 Å². The molecule has 0 aliphatic rings. The summed E-state index contributed by atoms with van der Waals surface area (Å²) in [5.41, 5.74) is 2.65. The summed E-state index contributed by atoms with van der Waals surface area (Å²) in [6.45, 7) is 6.70. The highest BCUT2D eigenvalue weighted by molar-refractivity contribution is 7.92. The lowest BCUT2D eigenvalue weighted by atomic mass is 10.0. The van der Waals surface area contributed by atoms with E-state index < -0.39 is 10.0 Å². The molecule has 3 rings (SSSR count). The van der Waals surface area contributed by atoms with Crippen LogP contribution in [0.1, 0.15) is 36.7 Å². The van der Waals surface area contributed by atoms with Crippen molar-refractivity contribution in [2.75, 3.05) is 16.6 Å². The van der Waals surface area contributed by atoms with Gasteiger partial charge < -0.3 is 10.1 Å². The van der Waals surface area contributed by atoms with Crippen LogP contribution in [0.3, 0.4) is 0 Å². The summed E-state index contributed by atoms with van der Waals surface area (Å²) in [7, 11) is -3.77. The van der Waals surface area contributed by atoms with Gasteiger partial charge in [-0.25, -0.2) is 8.42 Å². The fraction of sp³-hybridized carbons (Fsp3) is 0.231. The van der Waals surface area contributed by atoms with Gasteiger partial charge in [0.1, 0.15) is 5.75 Å². The second-order valence-corrected chi connectivity index (χ2v) is 10.4. The Morgan fingerprint density at radius 2 is 1.51 bits per heavy atom. The number of sulfonamides is 1. The summed E-state index contributed by atoms with van der Waals surface area (Å²) in [4.78, 5) is 12.6. The van der Waals surface area contributed by atoms with E-state index >= 15 is 0 Å². The topological polar surface area (TPSA) is 96.5 Å². The summed E-state index contributed by atoms with van der Waals surface area (Å²) in [6, 6.07) is 20.1. The number of hydrogen-bond acceptors (Lipinski definition) is 5. The van der Waals surface area contributed by atoms with Gasteiger partial charge in [0.25, 0.3) is 15.9 Å². The van der Waals surface area contributed by atoms with Crippen LogP contribution in [0.25, 0.3) is 0 Å². The number of carbonyl (C=O) groups excluding carboxylic acids is 1. The number of anilines is 2. The number of rotatable bonds is 9. The first-order chi connectivity index (χ1) is 16.7. The molecule has 0 bridgehead atoms. The zero-order valence-electron chi connectivity index (χ0n) is 19.9. The van der Waals surface area contributed by atoms with Crippen LogP contribution in [0, 0.1) is 5.92 Å². The van der Waals surface area contributed by atoms with Gasteiger partial charge in [0, 0.05) is 16.9 Å². The maximum Gasteiger partial charge on any atom is 0.261 e. The molecule has 0 aliphatic heterocycles. The van der Waals surface area contributed by atoms with E-state index in [0.717, 1.165) is 6.42 Å². The van der Waals surface area contributed by atoms with Crippen LogP contribution in [0.15, 0.2) is 77.7 Å². The van der Waals surface area contributed by atoms with Crippen molar-refractivity contribution in [2.24, 2.45) is 5.92 Å². The Bertz CT molecular complexity index is 1260. The van der Waals surface area contributed by atoms with Gasteiger partial charge in [-0.15, -0.1) is 0 Å². The molecule has 3 aromatic carbocycles. The van der Waals surface area contributed by atoms with Gasteiger partial charge in [0.2, 0.25) is 0 Å². The Kier molecular flexibility index (Phi) is 8.84. The van der Waals surface area contributed by atoms with Crippen molar-refractivity contribution >= 4 is 44.6 Å². The van der Waals surface area contributed by atoms with Crippen LogP contribution in [0.2, 0.25) is 0 Å². The molecule has 1 amide bonds. The van der Waals surface area contributed by atoms with Crippen LogP contribution in [0.4, 0.5) is 11.4 Å². The monoisotopic (exact) mass is 511 g/mol. The van der Waals surface area contributed by atoms with Gasteiger partial charge in [-0.3, -0.25) is 14.8 Å². The number of benzene rings is 3. The number of ether oxygens (including phenoxy) is 1. The molecule has 3 N–H and O–H groups in total. The summed E-state index contributed by atoms with van der Waals surface area (Å²) >= 11 is 5.23. The predicted molar refractivity (Wildman–Crippen MR) is 144 cm³/mol. The normalized spacial score (nSPS) is 11.1. The van der Waals surface area contributed by atoms with E-state index in [1.54, 1.807) is 48.5 Å². The van der Waals surface area contributed by atoms with E-state index in [4.69, 9.17) is 17.0 Å². The minimum absolute atomic E-state index is 0.0911. The van der Waals surface area contributed by atoms with E-state index in [1.807, 2.05) is 19.1 Å². The van der Waals surface area contributed by atoms with Gasteiger partial charge in [0.05, 0.1) is 11.5 Å². The summed E-state index contributed by atoms with van der Waals surface area (Å²) in [6.07, 6.45) is 0.948. The van der Waals surface area contributed by atoms with Crippen molar-refractivity contribution < 1.29 is 17.9 Å². The van der Waals surface area contributed by atoms with E-state index in [1.165, 1.54) is 17.7 Å². The molecule has 0 atom stereocenters. The van der Waals surface area contributed by atoms with Gasteiger partial charge in [-0.2, -0.15) is 0 Å². The quantitative estimate of drug-likeness (QED) is 0.341. The third-order valence-electron chi connectivity index (χ3n) is 4.93. The molecule has 7 nitrogen and oxygen atoms in total. The molecule has 0 heterocycles. The number of thiocarbonyl (C=S) groups is 1. The summed E-state index contributed by atoms with van der Waals surface area (Å²) in [5, 5.41) is 5.65. The third-order valence-corrected chi connectivity index (χ3v) is 6.53. The molecule has 0 fully saturated rings. The fourth-order valence-corrected chi connectivity index (χ4v) is 4.59. The predicted octanol–water partition coefficient (Wildman–Crippen LogP) is 5.21. The second-order valence-electron chi connectivity index (χ2n) is 8.29. The third kappa shape index (κ3) is 7.80. The van der Waals surface area contributed by atoms with Crippen molar-refractivity contribution in [3.63, 3.8) is 0 Å². The average Bonchev–Trinajstić information content (AvgIpc) is 2.80. The summed E-state index contributed by atoms with van der Waals surface area (Å²) < 4.78 is 33.3. The lowest BCUT2D eigenvalue weighted by Crippen LogP contribution is -2.34. The molecule has 35 heavy (non-hydrogen) atoms. The Morgan fingerprint density at radius 3 is 2.09 bits per heavy atom. The smallest absolute Gasteiger partial charge is 0.261 e. The molecule has 0 aromatic heterocycles. The Morgan fingerprint density at radius 1 is 0.914 bits per heavy atom. The molecule has 0 unspecified atom stereocenters. The molecule has 0 aliphatic carbocycles. The molecule has 0 radical (unpaired) electrons. The highest BCUT2D eigenvalue weighted by Gasteiger charge is 2.15. The molecule has 0 spiro atoms.